The number of para-hydroxylation sites is 1. The molecule has 2 aliphatic rings. The molecule has 3 heterocycles. The van der Waals surface area contributed by atoms with Gasteiger partial charge in [0.05, 0.1) is 16.8 Å². The van der Waals surface area contributed by atoms with E-state index in [9.17, 15) is 14.4 Å². The molecule has 0 spiro atoms. The Kier molecular flexibility index (Phi) is 8.42. The Balaban J connectivity index is 1.26. The van der Waals surface area contributed by atoms with Crippen molar-refractivity contribution in [2.45, 2.75) is 32.6 Å². The minimum absolute atomic E-state index is 0.100. The molecule has 0 unspecified atom stereocenters. The Morgan fingerprint density at radius 3 is 2.23 bits per heavy atom. The van der Waals surface area contributed by atoms with Gasteiger partial charge in [-0.1, -0.05) is 18.2 Å². The standard InChI is InChI=1S/C30H36N6O4/c1-20(37)35-12-14-36(15-13-35)28-11-10-23(19-31-28)27-16-25(24-4-2-3-5-26(24)34-27)29(38)32-17-21-6-8-22(9-7-21)18-33-30(39)40/h2-5,10-11,16,19,21-22,33H,6-9,12-15,17-18H2,1H3,(H,32,38)(H,39,40)/t21-,22-. The summed E-state index contributed by atoms with van der Waals surface area (Å²) >= 11 is 0. The zero-order valence-electron chi connectivity index (χ0n) is 22.8. The van der Waals surface area contributed by atoms with Crippen molar-refractivity contribution in [3.05, 3.63) is 54.2 Å². The van der Waals surface area contributed by atoms with Crippen LogP contribution in [0.4, 0.5) is 10.6 Å². The molecule has 0 bridgehead atoms. The van der Waals surface area contributed by atoms with Gasteiger partial charge in [-0.05, 0) is 61.8 Å². The summed E-state index contributed by atoms with van der Waals surface area (Å²) in [6.45, 7) is 5.54. The highest BCUT2D eigenvalue weighted by Crippen LogP contribution is 2.29. The van der Waals surface area contributed by atoms with Crippen LogP contribution in [0.25, 0.3) is 22.2 Å². The van der Waals surface area contributed by atoms with Crippen molar-refractivity contribution in [1.82, 2.24) is 25.5 Å². The predicted octanol–water partition coefficient (Wildman–Crippen LogP) is 3.77. The van der Waals surface area contributed by atoms with Crippen LogP contribution in [0.15, 0.2) is 48.7 Å². The van der Waals surface area contributed by atoms with Gasteiger partial charge in [-0.15, -0.1) is 0 Å². The summed E-state index contributed by atoms with van der Waals surface area (Å²) in [5.41, 5.74) is 2.86. The number of benzene rings is 1. The molecule has 1 saturated heterocycles. The monoisotopic (exact) mass is 544 g/mol. The van der Waals surface area contributed by atoms with Crippen molar-refractivity contribution in [3.63, 3.8) is 0 Å². The number of rotatable bonds is 7. The van der Waals surface area contributed by atoms with Crippen molar-refractivity contribution in [2.75, 3.05) is 44.2 Å². The number of hydrogen-bond acceptors (Lipinski definition) is 6. The highest BCUT2D eigenvalue weighted by atomic mass is 16.4. The summed E-state index contributed by atoms with van der Waals surface area (Å²) in [4.78, 5) is 49.3. The van der Waals surface area contributed by atoms with E-state index in [0.717, 1.165) is 61.1 Å². The molecule has 0 radical (unpaired) electrons. The van der Waals surface area contributed by atoms with Crippen LogP contribution >= 0.6 is 0 Å². The average molecular weight is 545 g/mol. The Morgan fingerprint density at radius 2 is 1.60 bits per heavy atom. The van der Waals surface area contributed by atoms with Gasteiger partial charge in [0.15, 0.2) is 0 Å². The number of nitrogens with zero attached hydrogens (tertiary/aromatic N) is 4. The molecule has 3 aromatic rings. The Hall–Kier alpha value is -4.21. The van der Waals surface area contributed by atoms with Gasteiger partial charge in [-0.25, -0.2) is 14.8 Å². The van der Waals surface area contributed by atoms with Crippen LogP contribution in [0.2, 0.25) is 0 Å². The molecule has 0 atom stereocenters. The maximum absolute atomic E-state index is 13.4. The molecule has 210 valence electrons. The Labute approximate surface area is 233 Å². The van der Waals surface area contributed by atoms with E-state index in [4.69, 9.17) is 10.1 Å². The van der Waals surface area contributed by atoms with Crippen LogP contribution in [0.3, 0.4) is 0 Å². The Bertz CT molecular complexity index is 1360. The number of aromatic nitrogens is 2. The van der Waals surface area contributed by atoms with Gasteiger partial charge in [0.1, 0.15) is 5.82 Å². The quantitative estimate of drug-likeness (QED) is 0.413. The zero-order valence-corrected chi connectivity index (χ0v) is 22.8. The summed E-state index contributed by atoms with van der Waals surface area (Å²) in [6.07, 6.45) is 4.67. The average Bonchev–Trinajstić information content (AvgIpc) is 2.99. The second kappa shape index (κ2) is 12.3. The third-order valence-electron chi connectivity index (χ3n) is 8.11. The normalized spacial score (nSPS) is 19.3. The van der Waals surface area contributed by atoms with E-state index < -0.39 is 6.09 Å². The van der Waals surface area contributed by atoms with Crippen LogP contribution in [0.1, 0.15) is 43.0 Å². The molecule has 5 rings (SSSR count). The molecule has 3 N–H and O–H groups in total. The summed E-state index contributed by atoms with van der Waals surface area (Å²) in [6, 6.07) is 13.5. The smallest absolute Gasteiger partial charge is 0.404 e. The first-order chi connectivity index (χ1) is 19.4. The maximum Gasteiger partial charge on any atom is 0.404 e. The highest BCUT2D eigenvalue weighted by Gasteiger charge is 2.23. The number of piperazine rings is 1. The number of hydrogen-bond donors (Lipinski definition) is 3. The first-order valence-electron chi connectivity index (χ1n) is 14.0. The van der Waals surface area contributed by atoms with Crippen molar-refractivity contribution in [3.8, 4) is 11.3 Å². The van der Waals surface area contributed by atoms with E-state index in [2.05, 4.69) is 20.5 Å². The molecule has 1 aromatic carbocycles. The summed E-state index contributed by atoms with van der Waals surface area (Å²) < 4.78 is 0. The van der Waals surface area contributed by atoms with E-state index in [0.29, 0.717) is 49.3 Å². The molecule has 1 saturated carbocycles. The van der Waals surface area contributed by atoms with Gasteiger partial charge < -0.3 is 25.5 Å². The minimum Gasteiger partial charge on any atom is -0.465 e. The summed E-state index contributed by atoms with van der Waals surface area (Å²) in [5, 5.41) is 15.3. The number of nitrogens with one attached hydrogen (secondary N) is 2. The maximum atomic E-state index is 13.4. The lowest BCUT2D eigenvalue weighted by Crippen LogP contribution is -2.48. The van der Waals surface area contributed by atoms with E-state index in [1.807, 2.05) is 47.4 Å². The number of amides is 3. The largest absolute Gasteiger partial charge is 0.465 e. The lowest BCUT2D eigenvalue weighted by molar-refractivity contribution is -0.129. The van der Waals surface area contributed by atoms with Crippen molar-refractivity contribution in [2.24, 2.45) is 11.8 Å². The van der Waals surface area contributed by atoms with Gasteiger partial charge in [0, 0.05) is 63.3 Å². The van der Waals surface area contributed by atoms with Gasteiger partial charge in [-0.3, -0.25) is 9.59 Å². The third kappa shape index (κ3) is 6.50. The van der Waals surface area contributed by atoms with Gasteiger partial charge in [0.2, 0.25) is 5.91 Å². The van der Waals surface area contributed by atoms with Gasteiger partial charge in [0.25, 0.3) is 5.91 Å². The summed E-state index contributed by atoms with van der Waals surface area (Å²) in [7, 11) is 0. The number of carbonyl (C=O) groups is 3. The first kappa shape index (κ1) is 27.4. The zero-order chi connectivity index (χ0) is 28.1. The number of anilines is 1. The van der Waals surface area contributed by atoms with Crippen LogP contribution in [-0.4, -0.2) is 77.2 Å². The third-order valence-corrected chi connectivity index (χ3v) is 8.11. The van der Waals surface area contributed by atoms with Crippen LogP contribution in [0, 0.1) is 11.8 Å². The molecule has 40 heavy (non-hydrogen) atoms. The van der Waals surface area contributed by atoms with Gasteiger partial charge >= 0.3 is 6.09 Å². The lowest BCUT2D eigenvalue weighted by atomic mass is 9.82. The molecule has 3 amide bonds. The van der Waals surface area contributed by atoms with Crippen LogP contribution in [0.5, 0.6) is 0 Å². The molecular weight excluding hydrogens is 508 g/mol. The fraction of sp³-hybridized carbons (Fsp3) is 0.433. The van der Waals surface area contributed by atoms with E-state index >= 15 is 0 Å². The van der Waals surface area contributed by atoms with Crippen molar-refractivity contribution < 1.29 is 19.5 Å². The van der Waals surface area contributed by atoms with Crippen molar-refractivity contribution >= 4 is 34.6 Å². The van der Waals surface area contributed by atoms with E-state index in [1.54, 1.807) is 13.1 Å². The summed E-state index contributed by atoms with van der Waals surface area (Å²) in [5.74, 6) is 1.58. The molecule has 2 aromatic heterocycles. The van der Waals surface area contributed by atoms with Crippen molar-refractivity contribution in [1.29, 1.82) is 0 Å². The molecule has 1 aliphatic heterocycles. The fourth-order valence-corrected chi connectivity index (χ4v) is 5.69. The SMILES string of the molecule is CC(=O)N1CCN(c2ccc(-c3cc(C(=O)NC[C@H]4CC[C@H](CNC(=O)O)CC4)c4ccccc4n3)cn2)CC1. The second-order valence-corrected chi connectivity index (χ2v) is 10.8. The Morgan fingerprint density at radius 1 is 0.925 bits per heavy atom. The first-order valence-corrected chi connectivity index (χ1v) is 14.0. The van der Waals surface area contributed by atoms with Gasteiger partial charge in [-0.2, -0.15) is 0 Å². The van der Waals surface area contributed by atoms with Crippen LogP contribution in [-0.2, 0) is 4.79 Å². The number of carboxylic acid groups (broad SMARTS) is 1. The lowest BCUT2D eigenvalue weighted by Gasteiger charge is -2.34. The molecule has 2 fully saturated rings. The molecular formula is C30H36N6O4. The molecule has 10 nitrogen and oxygen atoms in total. The molecule has 1 aliphatic carbocycles. The molecule has 10 heteroatoms. The second-order valence-electron chi connectivity index (χ2n) is 10.8. The minimum atomic E-state index is -0.978. The topological polar surface area (TPSA) is 128 Å². The van der Waals surface area contributed by atoms with E-state index in [-0.39, 0.29) is 11.8 Å². The fourth-order valence-electron chi connectivity index (χ4n) is 5.69. The number of carbonyl (C=O) groups excluding carboxylic acids is 2. The van der Waals surface area contributed by atoms with Crippen LogP contribution < -0.4 is 15.5 Å². The number of fused-ring (bicyclic) bond motifs is 1. The highest BCUT2D eigenvalue weighted by molar-refractivity contribution is 6.07. The predicted molar refractivity (Wildman–Crippen MR) is 153 cm³/mol. The number of pyridine rings is 2. The van der Waals surface area contributed by atoms with E-state index in [1.165, 1.54) is 0 Å².